The Labute approximate surface area is 167 Å². The number of rotatable bonds is 7. The zero-order valence-corrected chi connectivity index (χ0v) is 17.3. The van der Waals surface area contributed by atoms with Crippen molar-refractivity contribution >= 4 is 46.0 Å². The highest BCUT2D eigenvalue weighted by atomic mass is 32.2. The van der Waals surface area contributed by atoms with Crippen molar-refractivity contribution < 1.29 is 14.4 Å². The van der Waals surface area contributed by atoms with E-state index in [-0.39, 0.29) is 35.5 Å². The van der Waals surface area contributed by atoms with Gasteiger partial charge in [-0.15, -0.1) is 10.2 Å². The third-order valence-corrected chi connectivity index (χ3v) is 6.61. The van der Waals surface area contributed by atoms with Gasteiger partial charge in [0.15, 0.2) is 4.34 Å². The van der Waals surface area contributed by atoms with Crippen molar-refractivity contribution in [2.75, 3.05) is 11.1 Å². The van der Waals surface area contributed by atoms with Crippen molar-refractivity contribution in [3.63, 3.8) is 0 Å². The Kier molecular flexibility index (Phi) is 6.31. The quantitative estimate of drug-likeness (QED) is 0.323. The molecular formula is C18H24N4O3S2. The Bertz CT molecular complexity index is 736. The average molecular weight is 409 g/mol. The smallest absolute Gasteiger partial charge is 0.249 e. The third kappa shape index (κ3) is 4.24. The number of nitrogens with one attached hydrogen (secondary N) is 1. The highest BCUT2D eigenvalue weighted by Crippen LogP contribution is 2.37. The van der Waals surface area contributed by atoms with E-state index in [2.05, 4.69) is 15.5 Å². The molecule has 2 aliphatic rings. The highest BCUT2D eigenvalue weighted by molar-refractivity contribution is 8.01. The van der Waals surface area contributed by atoms with E-state index in [9.17, 15) is 14.4 Å². The lowest BCUT2D eigenvalue weighted by atomic mass is 9.85. The fourth-order valence-corrected chi connectivity index (χ4v) is 5.19. The van der Waals surface area contributed by atoms with Gasteiger partial charge in [0, 0.05) is 0 Å². The molecule has 3 unspecified atom stereocenters. The number of amides is 3. The van der Waals surface area contributed by atoms with E-state index in [1.807, 2.05) is 32.9 Å². The minimum Gasteiger partial charge on any atom is -0.299 e. The van der Waals surface area contributed by atoms with Crippen LogP contribution in [0, 0.1) is 17.8 Å². The Hall–Kier alpha value is -1.74. The molecule has 0 bridgehead atoms. The van der Waals surface area contributed by atoms with E-state index >= 15 is 0 Å². The molecule has 7 nitrogen and oxygen atoms in total. The van der Waals surface area contributed by atoms with Gasteiger partial charge in [-0.1, -0.05) is 56.0 Å². The van der Waals surface area contributed by atoms with Crippen LogP contribution < -0.4 is 5.32 Å². The van der Waals surface area contributed by atoms with Crippen molar-refractivity contribution in [1.29, 1.82) is 0 Å². The van der Waals surface area contributed by atoms with Gasteiger partial charge in [-0.05, 0) is 30.9 Å². The lowest BCUT2D eigenvalue weighted by Crippen LogP contribution is -2.48. The van der Waals surface area contributed by atoms with Crippen LogP contribution in [-0.2, 0) is 14.4 Å². The summed E-state index contributed by atoms with van der Waals surface area (Å²) in [6.07, 6.45) is 5.44. The molecule has 1 aromatic heterocycles. The topological polar surface area (TPSA) is 92.3 Å². The van der Waals surface area contributed by atoms with E-state index in [1.165, 1.54) is 16.2 Å². The molecule has 3 atom stereocenters. The molecule has 1 N–H and O–H groups in total. The van der Waals surface area contributed by atoms with Crippen molar-refractivity contribution in [2.45, 2.75) is 50.4 Å². The van der Waals surface area contributed by atoms with Gasteiger partial charge < -0.3 is 0 Å². The molecule has 3 amide bonds. The molecule has 0 radical (unpaired) electrons. The number of anilines is 1. The number of aromatic nitrogens is 2. The molecule has 1 aliphatic heterocycles. The largest absolute Gasteiger partial charge is 0.299 e. The van der Waals surface area contributed by atoms with Crippen LogP contribution in [0.15, 0.2) is 16.5 Å². The van der Waals surface area contributed by atoms with E-state index in [0.717, 1.165) is 10.1 Å². The summed E-state index contributed by atoms with van der Waals surface area (Å²) in [4.78, 5) is 39.9. The third-order valence-electron chi connectivity index (χ3n) is 4.76. The molecule has 9 heteroatoms. The first-order valence-corrected chi connectivity index (χ1v) is 11.0. The highest BCUT2D eigenvalue weighted by Gasteiger charge is 2.51. The summed E-state index contributed by atoms with van der Waals surface area (Å²) in [5.41, 5.74) is 0. The molecule has 1 fully saturated rings. The summed E-state index contributed by atoms with van der Waals surface area (Å²) in [7, 11) is 0. The fourth-order valence-electron chi connectivity index (χ4n) is 3.54. The maximum Gasteiger partial charge on any atom is 0.249 e. The summed E-state index contributed by atoms with van der Waals surface area (Å²) >= 11 is 2.85. The van der Waals surface area contributed by atoms with Gasteiger partial charge in [0.05, 0.1) is 11.8 Å². The van der Waals surface area contributed by atoms with E-state index in [0.29, 0.717) is 24.4 Å². The monoisotopic (exact) mass is 408 g/mol. The van der Waals surface area contributed by atoms with Crippen molar-refractivity contribution in [3.8, 4) is 0 Å². The summed E-state index contributed by atoms with van der Waals surface area (Å²) in [6, 6.07) is -0.818. The van der Waals surface area contributed by atoms with Gasteiger partial charge in [0.2, 0.25) is 22.9 Å². The Morgan fingerprint density at radius 1 is 1.26 bits per heavy atom. The number of fused-ring (bicyclic) bond motifs is 1. The Balaban J connectivity index is 1.79. The number of carbonyl (C=O) groups is 3. The van der Waals surface area contributed by atoms with Crippen LogP contribution >= 0.6 is 23.1 Å². The summed E-state index contributed by atoms with van der Waals surface area (Å²) in [5, 5.41) is 11.2. The minimum atomic E-state index is -0.818. The molecule has 3 rings (SSSR count). The number of allylic oxidation sites excluding steroid dienone is 2. The predicted octanol–water partition coefficient (Wildman–Crippen LogP) is 2.95. The first kappa shape index (κ1) is 20.0. The second kappa shape index (κ2) is 8.52. The van der Waals surface area contributed by atoms with Gasteiger partial charge in [0.25, 0.3) is 0 Å². The second-order valence-electron chi connectivity index (χ2n) is 7.14. The van der Waals surface area contributed by atoms with Gasteiger partial charge >= 0.3 is 0 Å². The van der Waals surface area contributed by atoms with Crippen LogP contribution in [0.1, 0.15) is 40.0 Å². The van der Waals surface area contributed by atoms with Crippen LogP contribution in [0.5, 0.6) is 0 Å². The SMILES string of the molecule is CCSc1nnc(NC(=O)C(CC(C)C)N2C(=O)C3CC=CCC3C2=O)s1. The molecule has 27 heavy (non-hydrogen) atoms. The fraction of sp³-hybridized carbons (Fsp3) is 0.611. The first-order valence-electron chi connectivity index (χ1n) is 9.21. The normalized spacial score (nSPS) is 23.0. The molecule has 0 saturated carbocycles. The van der Waals surface area contributed by atoms with Gasteiger partial charge in [-0.25, -0.2) is 0 Å². The van der Waals surface area contributed by atoms with Gasteiger partial charge in [0.1, 0.15) is 6.04 Å². The number of likely N-dealkylation sites (tertiary alicyclic amines) is 1. The Morgan fingerprint density at radius 2 is 1.89 bits per heavy atom. The molecular weight excluding hydrogens is 384 g/mol. The standard InChI is InChI=1S/C18H24N4O3S2/c1-4-26-18-21-20-17(27-18)19-14(23)13(9-10(2)3)22-15(24)11-7-5-6-8-12(11)16(22)25/h5-6,10-13H,4,7-9H2,1-3H3,(H,19,20,23). The summed E-state index contributed by atoms with van der Waals surface area (Å²) in [5.74, 6) is -0.474. The molecule has 1 saturated heterocycles. The lowest BCUT2D eigenvalue weighted by Gasteiger charge is -2.26. The number of hydrogen-bond donors (Lipinski definition) is 1. The van der Waals surface area contributed by atoms with Crippen LogP contribution in [0.3, 0.4) is 0 Å². The van der Waals surface area contributed by atoms with E-state index in [4.69, 9.17) is 0 Å². The van der Waals surface area contributed by atoms with Crippen LogP contribution in [0.4, 0.5) is 5.13 Å². The Morgan fingerprint density at radius 3 is 2.44 bits per heavy atom. The lowest BCUT2D eigenvalue weighted by molar-refractivity contribution is -0.147. The number of carbonyl (C=O) groups excluding carboxylic acids is 3. The van der Waals surface area contributed by atoms with Crippen molar-refractivity contribution in [1.82, 2.24) is 15.1 Å². The maximum atomic E-state index is 13.0. The molecule has 1 aliphatic carbocycles. The molecule has 146 valence electrons. The first-order chi connectivity index (χ1) is 12.9. The number of hydrogen-bond acceptors (Lipinski definition) is 7. The number of imide groups is 1. The number of thioether (sulfide) groups is 1. The average Bonchev–Trinajstić information content (AvgIpc) is 3.17. The van der Waals surface area contributed by atoms with Crippen molar-refractivity contribution in [2.24, 2.45) is 17.8 Å². The minimum absolute atomic E-state index is 0.155. The van der Waals surface area contributed by atoms with Gasteiger partial charge in [-0.2, -0.15) is 0 Å². The zero-order valence-electron chi connectivity index (χ0n) is 15.7. The summed E-state index contributed by atoms with van der Waals surface area (Å²) in [6.45, 7) is 5.96. The molecule has 2 heterocycles. The van der Waals surface area contributed by atoms with E-state index < -0.39 is 6.04 Å². The van der Waals surface area contributed by atoms with E-state index in [1.54, 1.807) is 11.8 Å². The number of nitrogens with zero attached hydrogens (tertiary/aromatic N) is 3. The van der Waals surface area contributed by atoms with Gasteiger partial charge in [-0.3, -0.25) is 24.6 Å². The predicted molar refractivity (Wildman–Crippen MR) is 105 cm³/mol. The molecule has 1 aromatic rings. The van der Waals surface area contributed by atoms with Crippen molar-refractivity contribution in [3.05, 3.63) is 12.2 Å². The zero-order chi connectivity index (χ0) is 19.6. The molecule has 0 aromatic carbocycles. The van der Waals surface area contributed by atoms with Crippen LogP contribution in [-0.4, -0.2) is 44.6 Å². The molecule has 0 spiro atoms. The second-order valence-corrected chi connectivity index (χ2v) is 9.63. The van der Waals surface area contributed by atoms with Crippen LogP contribution in [0.25, 0.3) is 0 Å². The maximum absolute atomic E-state index is 13.0. The summed E-state index contributed by atoms with van der Waals surface area (Å²) < 4.78 is 0.777. The van der Waals surface area contributed by atoms with Crippen LogP contribution in [0.2, 0.25) is 0 Å².